The molecule has 0 saturated heterocycles. The topological polar surface area (TPSA) is 72.8 Å². The zero-order valence-corrected chi connectivity index (χ0v) is 13.7. The SMILES string of the molecule is COc1ccccc1/C=C/C(=O)Oc1ccc(C(=O)O)cc1Br. The fourth-order valence-electron chi connectivity index (χ4n) is 1.82. The van der Waals surface area contributed by atoms with Crippen molar-refractivity contribution in [1.82, 2.24) is 0 Å². The molecule has 1 N–H and O–H groups in total. The van der Waals surface area contributed by atoms with Crippen LogP contribution in [0.1, 0.15) is 15.9 Å². The number of benzene rings is 2. The Kier molecular flexibility index (Phi) is 5.54. The smallest absolute Gasteiger partial charge is 0.336 e. The predicted octanol–water partition coefficient (Wildman–Crippen LogP) is 3.77. The number of carbonyl (C=O) groups is 2. The number of para-hydroxylation sites is 1. The molecule has 0 aliphatic heterocycles. The summed E-state index contributed by atoms with van der Waals surface area (Å²) in [7, 11) is 1.55. The van der Waals surface area contributed by atoms with Crippen molar-refractivity contribution in [2.75, 3.05) is 7.11 Å². The van der Waals surface area contributed by atoms with E-state index in [0.29, 0.717) is 10.2 Å². The number of carbonyl (C=O) groups excluding carboxylic acids is 1. The molecule has 118 valence electrons. The van der Waals surface area contributed by atoms with Crippen LogP contribution < -0.4 is 9.47 Å². The zero-order chi connectivity index (χ0) is 16.8. The first kappa shape index (κ1) is 16.8. The highest BCUT2D eigenvalue weighted by Crippen LogP contribution is 2.26. The number of methoxy groups -OCH3 is 1. The minimum Gasteiger partial charge on any atom is -0.496 e. The molecule has 23 heavy (non-hydrogen) atoms. The first-order valence-corrected chi connectivity index (χ1v) is 7.36. The minimum absolute atomic E-state index is 0.0984. The second-order valence-corrected chi connectivity index (χ2v) is 5.30. The highest BCUT2D eigenvalue weighted by atomic mass is 79.9. The first-order valence-electron chi connectivity index (χ1n) is 6.57. The van der Waals surface area contributed by atoms with Crippen LogP contribution in [0.2, 0.25) is 0 Å². The summed E-state index contributed by atoms with van der Waals surface area (Å²) in [6.45, 7) is 0. The number of hydrogen-bond acceptors (Lipinski definition) is 4. The lowest BCUT2D eigenvalue weighted by Crippen LogP contribution is -2.05. The van der Waals surface area contributed by atoms with Gasteiger partial charge >= 0.3 is 11.9 Å². The third-order valence-electron chi connectivity index (χ3n) is 2.93. The van der Waals surface area contributed by atoms with E-state index in [1.165, 1.54) is 24.3 Å². The van der Waals surface area contributed by atoms with Gasteiger partial charge in [-0.15, -0.1) is 0 Å². The molecule has 5 nitrogen and oxygen atoms in total. The van der Waals surface area contributed by atoms with Crippen LogP contribution in [0.15, 0.2) is 53.0 Å². The van der Waals surface area contributed by atoms with Crippen molar-refractivity contribution in [3.63, 3.8) is 0 Å². The van der Waals surface area contributed by atoms with Gasteiger partial charge in [0.25, 0.3) is 0 Å². The molecule has 2 rings (SSSR count). The van der Waals surface area contributed by atoms with Gasteiger partial charge in [0.2, 0.25) is 0 Å². The highest BCUT2D eigenvalue weighted by Gasteiger charge is 2.10. The number of aromatic carboxylic acids is 1. The van der Waals surface area contributed by atoms with Gasteiger partial charge in [-0.2, -0.15) is 0 Å². The van der Waals surface area contributed by atoms with E-state index in [1.54, 1.807) is 25.3 Å². The Balaban J connectivity index is 2.10. The molecule has 0 radical (unpaired) electrons. The summed E-state index contributed by atoms with van der Waals surface area (Å²) >= 11 is 3.18. The first-order chi connectivity index (χ1) is 11.0. The molecule has 0 aromatic heterocycles. The third kappa shape index (κ3) is 4.43. The molecule has 0 aliphatic rings. The summed E-state index contributed by atoms with van der Waals surface area (Å²) < 4.78 is 10.7. The molecule has 0 spiro atoms. The van der Waals surface area contributed by atoms with Crippen LogP contribution in [0.25, 0.3) is 6.08 Å². The molecular formula is C17H13BrO5. The van der Waals surface area contributed by atoms with E-state index >= 15 is 0 Å². The Labute approximate surface area is 141 Å². The third-order valence-corrected chi connectivity index (χ3v) is 3.55. The second-order valence-electron chi connectivity index (χ2n) is 4.45. The van der Waals surface area contributed by atoms with Crippen LogP contribution in [0, 0.1) is 0 Å². The molecule has 0 saturated carbocycles. The van der Waals surface area contributed by atoms with Gasteiger partial charge < -0.3 is 14.6 Å². The van der Waals surface area contributed by atoms with Crippen LogP contribution in [0.4, 0.5) is 0 Å². The lowest BCUT2D eigenvalue weighted by molar-refractivity contribution is -0.128. The fraction of sp³-hybridized carbons (Fsp3) is 0.0588. The minimum atomic E-state index is -1.06. The Morgan fingerprint density at radius 3 is 2.52 bits per heavy atom. The number of esters is 1. The van der Waals surface area contributed by atoms with Gasteiger partial charge in [-0.1, -0.05) is 18.2 Å². The molecule has 6 heteroatoms. The van der Waals surface area contributed by atoms with Gasteiger partial charge in [-0.25, -0.2) is 9.59 Å². The molecule has 2 aromatic carbocycles. The molecular weight excluding hydrogens is 364 g/mol. The van der Waals surface area contributed by atoms with Crippen molar-refractivity contribution in [3.8, 4) is 11.5 Å². The average molecular weight is 377 g/mol. The van der Waals surface area contributed by atoms with E-state index in [9.17, 15) is 9.59 Å². The largest absolute Gasteiger partial charge is 0.496 e. The van der Waals surface area contributed by atoms with Crippen molar-refractivity contribution in [2.24, 2.45) is 0 Å². The summed E-state index contributed by atoms with van der Waals surface area (Å²) in [6.07, 6.45) is 2.86. The van der Waals surface area contributed by atoms with Gasteiger partial charge in [0.15, 0.2) is 0 Å². The van der Waals surface area contributed by atoms with E-state index in [0.717, 1.165) is 5.56 Å². The number of rotatable bonds is 5. The summed E-state index contributed by atoms with van der Waals surface area (Å²) in [4.78, 5) is 22.7. The fourth-order valence-corrected chi connectivity index (χ4v) is 2.28. The zero-order valence-electron chi connectivity index (χ0n) is 12.2. The molecule has 0 heterocycles. The quantitative estimate of drug-likeness (QED) is 0.488. The van der Waals surface area contributed by atoms with Crippen molar-refractivity contribution >= 4 is 33.9 Å². The van der Waals surface area contributed by atoms with Gasteiger partial charge in [-0.3, -0.25) is 0 Å². The van der Waals surface area contributed by atoms with Crippen LogP contribution >= 0.6 is 15.9 Å². The predicted molar refractivity (Wildman–Crippen MR) is 88.8 cm³/mol. The summed E-state index contributed by atoms with van der Waals surface area (Å²) in [6, 6.07) is 11.4. The maximum absolute atomic E-state index is 11.9. The van der Waals surface area contributed by atoms with Crippen molar-refractivity contribution in [2.45, 2.75) is 0 Å². The Morgan fingerprint density at radius 2 is 1.87 bits per heavy atom. The van der Waals surface area contributed by atoms with E-state index in [4.69, 9.17) is 14.6 Å². The number of hydrogen-bond donors (Lipinski definition) is 1. The number of carboxylic acid groups (broad SMARTS) is 1. The monoisotopic (exact) mass is 376 g/mol. The lowest BCUT2D eigenvalue weighted by Gasteiger charge is -2.06. The van der Waals surface area contributed by atoms with E-state index < -0.39 is 11.9 Å². The average Bonchev–Trinajstić information content (AvgIpc) is 2.54. The number of carboxylic acids is 1. The normalized spacial score (nSPS) is 10.5. The standard InChI is InChI=1S/C17H13BrO5/c1-22-14-5-3-2-4-11(14)7-9-16(19)23-15-8-6-12(17(20)21)10-13(15)18/h2-10H,1H3,(H,20,21)/b9-7+. The molecule has 0 fully saturated rings. The molecule has 0 aliphatic carbocycles. The van der Waals surface area contributed by atoms with Crippen LogP contribution in [0.5, 0.6) is 11.5 Å². The van der Waals surface area contributed by atoms with Gasteiger partial charge in [0, 0.05) is 11.6 Å². The van der Waals surface area contributed by atoms with Crippen molar-refractivity contribution < 1.29 is 24.2 Å². The molecule has 0 unspecified atom stereocenters. The maximum atomic E-state index is 11.9. The van der Waals surface area contributed by atoms with Crippen LogP contribution in [-0.4, -0.2) is 24.2 Å². The molecule has 0 amide bonds. The van der Waals surface area contributed by atoms with Crippen molar-refractivity contribution in [3.05, 3.63) is 64.1 Å². The Hall–Kier alpha value is -2.60. The molecule has 0 bridgehead atoms. The number of ether oxygens (including phenoxy) is 2. The van der Waals surface area contributed by atoms with Crippen molar-refractivity contribution in [1.29, 1.82) is 0 Å². The van der Waals surface area contributed by atoms with Crippen LogP contribution in [0.3, 0.4) is 0 Å². The Morgan fingerprint density at radius 1 is 1.13 bits per heavy atom. The number of halogens is 1. The van der Waals surface area contributed by atoms with E-state index in [-0.39, 0.29) is 11.3 Å². The Bertz CT molecular complexity index is 767. The van der Waals surface area contributed by atoms with Crippen LogP contribution in [-0.2, 0) is 4.79 Å². The summed E-state index contributed by atoms with van der Waals surface area (Å²) in [5, 5.41) is 8.89. The van der Waals surface area contributed by atoms with Gasteiger partial charge in [0.1, 0.15) is 11.5 Å². The summed E-state index contributed by atoms with van der Waals surface area (Å²) in [5.41, 5.74) is 0.841. The molecule has 0 atom stereocenters. The lowest BCUT2D eigenvalue weighted by atomic mass is 10.2. The van der Waals surface area contributed by atoms with E-state index in [1.807, 2.05) is 12.1 Å². The molecule has 2 aromatic rings. The summed E-state index contributed by atoms with van der Waals surface area (Å²) in [5.74, 6) is -0.757. The second kappa shape index (κ2) is 7.60. The maximum Gasteiger partial charge on any atom is 0.336 e. The highest BCUT2D eigenvalue weighted by molar-refractivity contribution is 9.10. The van der Waals surface area contributed by atoms with Gasteiger partial charge in [-0.05, 0) is 46.3 Å². The van der Waals surface area contributed by atoms with E-state index in [2.05, 4.69) is 15.9 Å². The van der Waals surface area contributed by atoms with Gasteiger partial charge in [0.05, 0.1) is 17.1 Å².